The number of para-hydroxylation sites is 1. The molecule has 0 saturated heterocycles. The topological polar surface area (TPSA) is 161 Å². The zero-order valence-corrected chi connectivity index (χ0v) is 23.4. The molecule has 0 aliphatic rings. The van der Waals surface area contributed by atoms with Crippen LogP contribution in [0.15, 0.2) is 42.5 Å². The Balaban J connectivity index is 1.76. The smallest absolute Gasteiger partial charge is 0.452 e. The van der Waals surface area contributed by atoms with Gasteiger partial charge in [0.25, 0.3) is 11.7 Å². The molecule has 2 heterocycles. The number of Topliss-reactive ketones (excluding diaryl/α,β-unsaturated/α-hetero) is 1. The van der Waals surface area contributed by atoms with E-state index in [0.717, 1.165) is 12.1 Å². The van der Waals surface area contributed by atoms with Crippen LogP contribution in [-0.4, -0.2) is 66.9 Å². The van der Waals surface area contributed by atoms with Crippen LogP contribution in [0.3, 0.4) is 0 Å². The summed E-state index contributed by atoms with van der Waals surface area (Å²) in [7, 11) is 2.36. The third-order valence-electron chi connectivity index (χ3n) is 6.13. The number of carbonyl (C=O) groups is 3. The summed E-state index contributed by atoms with van der Waals surface area (Å²) in [5, 5.41) is 24.3. The van der Waals surface area contributed by atoms with E-state index in [-0.39, 0.29) is 38.8 Å². The molecular weight excluding hydrogens is 595 g/mol. The van der Waals surface area contributed by atoms with Crippen LogP contribution in [0, 0.1) is 18.3 Å². The number of alkyl halides is 3. The molecule has 0 radical (unpaired) electrons. The highest BCUT2D eigenvalue weighted by molar-refractivity contribution is 6.32. The highest BCUT2D eigenvalue weighted by atomic mass is 35.5. The summed E-state index contributed by atoms with van der Waals surface area (Å²) in [6.07, 6.45) is -6.10. The molecule has 0 saturated carbocycles. The molecule has 4 rings (SSSR count). The van der Waals surface area contributed by atoms with E-state index in [1.807, 2.05) is 6.07 Å². The minimum Gasteiger partial charge on any atom is -0.452 e. The van der Waals surface area contributed by atoms with Crippen molar-refractivity contribution in [2.45, 2.75) is 26.1 Å². The summed E-state index contributed by atoms with van der Waals surface area (Å²) in [5.74, 6) is -2.74. The van der Waals surface area contributed by atoms with Gasteiger partial charge in [-0.15, -0.1) is 5.10 Å². The Labute approximate surface area is 246 Å². The van der Waals surface area contributed by atoms with E-state index in [1.165, 1.54) is 29.9 Å². The number of nitrogens with one attached hydrogen (secondary N) is 1. The third kappa shape index (κ3) is 6.62. The van der Waals surface area contributed by atoms with Gasteiger partial charge in [0.05, 0.1) is 41.7 Å². The van der Waals surface area contributed by atoms with Gasteiger partial charge in [-0.1, -0.05) is 23.7 Å². The Hall–Kier alpha value is -5.30. The quantitative estimate of drug-likeness (QED) is 0.242. The second-order valence-corrected chi connectivity index (χ2v) is 9.45. The van der Waals surface area contributed by atoms with E-state index in [0.29, 0.717) is 10.2 Å². The summed E-state index contributed by atoms with van der Waals surface area (Å²) >= 11 is 6.36. The number of ether oxygens (including phenoxy) is 1. The lowest BCUT2D eigenvalue weighted by Gasteiger charge is -2.19. The lowest BCUT2D eigenvalue weighted by Crippen LogP contribution is -2.43. The van der Waals surface area contributed by atoms with Gasteiger partial charge in [0.1, 0.15) is 5.69 Å². The van der Waals surface area contributed by atoms with E-state index >= 15 is 0 Å². The maximum atomic E-state index is 13.8. The first kappa shape index (κ1) is 30.7. The zero-order chi connectivity index (χ0) is 31.5. The van der Waals surface area contributed by atoms with Crippen molar-refractivity contribution in [3.05, 3.63) is 87.0 Å². The molecule has 13 nitrogen and oxygen atoms in total. The van der Waals surface area contributed by atoms with Crippen molar-refractivity contribution in [1.29, 1.82) is 5.26 Å². The molecule has 0 fully saturated rings. The Kier molecular flexibility index (Phi) is 8.76. The van der Waals surface area contributed by atoms with Crippen molar-refractivity contribution < 1.29 is 32.3 Å². The average molecular weight is 616 g/mol. The minimum atomic E-state index is -4.83. The number of nitriles is 1. The molecule has 0 unspecified atom stereocenters. The van der Waals surface area contributed by atoms with Crippen molar-refractivity contribution in [3.8, 4) is 11.8 Å². The van der Waals surface area contributed by atoms with Crippen LogP contribution in [0.5, 0.6) is 0 Å². The molecule has 4 aromatic rings. The zero-order valence-electron chi connectivity index (χ0n) is 22.7. The number of methoxy groups -OCH3 is 1. The maximum absolute atomic E-state index is 13.8. The van der Waals surface area contributed by atoms with Gasteiger partial charge >= 0.3 is 12.3 Å². The second-order valence-electron chi connectivity index (χ2n) is 9.04. The van der Waals surface area contributed by atoms with Gasteiger partial charge in [0.2, 0.25) is 0 Å². The van der Waals surface area contributed by atoms with Crippen LogP contribution in [-0.2, 0) is 23.9 Å². The van der Waals surface area contributed by atoms with Crippen molar-refractivity contribution in [3.63, 3.8) is 0 Å². The number of hydrogen-bond donors (Lipinski definition) is 1. The van der Waals surface area contributed by atoms with Crippen LogP contribution in [0.2, 0.25) is 5.02 Å². The Morgan fingerprint density at radius 3 is 2.56 bits per heavy atom. The van der Waals surface area contributed by atoms with Crippen LogP contribution < -0.4 is 5.43 Å². The Bertz CT molecular complexity index is 1760. The van der Waals surface area contributed by atoms with Gasteiger partial charge in [-0.25, -0.2) is 19.2 Å². The normalized spacial score (nSPS) is 11.1. The highest BCUT2D eigenvalue weighted by Gasteiger charge is 2.38. The van der Waals surface area contributed by atoms with Crippen molar-refractivity contribution >= 4 is 29.4 Å². The van der Waals surface area contributed by atoms with Gasteiger partial charge in [-0.2, -0.15) is 23.5 Å². The summed E-state index contributed by atoms with van der Waals surface area (Å²) in [6, 6.07) is 12.3. The van der Waals surface area contributed by atoms with E-state index in [1.54, 1.807) is 31.2 Å². The Morgan fingerprint density at radius 2 is 1.91 bits per heavy atom. The second kappa shape index (κ2) is 12.3. The molecule has 0 bridgehead atoms. The van der Waals surface area contributed by atoms with Crippen molar-refractivity contribution in [2.75, 3.05) is 14.2 Å². The predicted octanol–water partition coefficient (Wildman–Crippen LogP) is 3.53. The molecule has 43 heavy (non-hydrogen) atoms. The van der Waals surface area contributed by atoms with Crippen LogP contribution in [0.25, 0.3) is 5.69 Å². The number of amides is 2. The van der Waals surface area contributed by atoms with Crippen molar-refractivity contribution in [2.24, 2.45) is 0 Å². The van der Waals surface area contributed by atoms with E-state index < -0.39 is 42.7 Å². The predicted molar refractivity (Wildman–Crippen MR) is 142 cm³/mol. The number of hydrazine groups is 1. The first-order valence-corrected chi connectivity index (χ1v) is 12.6. The number of benzene rings is 2. The molecule has 0 aliphatic carbocycles. The highest BCUT2D eigenvalue weighted by Crippen LogP contribution is 2.28. The third-order valence-corrected chi connectivity index (χ3v) is 6.44. The summed E-state index contributed by atoms with van der Waals surface area (Å²) in [6.45, 7) is 1.07. The lowest BCUT2D eigenvalue weighted by molar-refractivity contribution is -0.147. The molecule has 0 atom stereocenters. The number of aryl methyl sites for hydroxylation is 1. The molecule has 2 aromatic heterocycles. The van der Waals surface area contributed by atoms with Gasteiger partial charge < -0.3 is 4.74 Å². The maximum Gasteiger partial charge on any atom is 0.453 e. The summed E-state index contributed by atoms with van der Waals surface area (Å²) in [5.41, 5.74) is 3.25. The first-order valence-electron chi connectivity index (χ1n) is 12.2. The fourth-order valence-corrected chi connectivity index (χ4v) is 4.36. The number of tetrazole rings is 1. The van der Waals surface area contributed by atoms with Crippen molar-refractivity contribution in [1.82, 2.24) is 40.4 Å². The van der Waals surface area contributed by atoms with E-state index in [9.17, 15) is 32.8 Å². The Morgan fingerprint density at radius 1 is 1.19 bits per heavy atom. The van der Waals surface area contributed by atoms with E-state index in [4.69, 9.17) is 11.6 Å². The fraction of sp³-hybridized carbons (Fsp3) is 0.231. The monoisotopic (exact) mass is 615 g/mol. The SMILES string of the molecule is COC(=O)N(C)NC(=O)c1cc(C#N)cc(C)c1CC(=O)c1cc(Cn2nnnc2C(F)(F)F)nn1-c1ccccc1Cl. The number of hydrogen-bond acceptors (Lipinski definition) is 9. The molecule has 17 heteroatoms. The molecule has 0 aliphatic heterocycles. The van der Waals surface area contributed by atoms with Gasteiger partial charge in [-0.3, -0.25) is 15.0 Å². The minimum absolute atomic E-state index is 0.00953. The molecule has 2 amide bonds. The number of ketones is 1. The van der Waals surface area contributed by atoms with Gasteiger partial charge in [-0.05, 0) is 58.8 Å². The van der Waals surface area contributed by atoms with Crippen LogP contribution in [0.1, 0.15) is 49.1 Å². The molecule has 222 valence electrons. The number of aromatic nitrogens is 6. The van der Waals surface area contributed by atoms with Crippen LogP contribution >= 0.6 is 11.6 Å². The molecular formula is C26H21ClF3N9O4. The van der Waals surface area contributed by atoms with Gasteiger partial charge in [0.15, 0.2) is 5.78 Å². The fourth-order valence-electron chi connectivity index (χ4n) is 4.15. The largest absolute Gasteiger partial charge is 0.453 e. The number of halogens is 4. The first-order chi connectivity index (χ1) is 20.3. The lowest BCUT2D eigenvalue weighted by atomic mass is 9.93. The standard InChI is InChI=1S/C26H21ClF3N9O4/c1-14-8-15(12-31)9-18(23(41)34-37(2)25(42)43-3)17(14)11-22(40)21-10-16(13-38-24(26(28,29)30)32-35-36-38)33-39(21)20-7-5-4-6-19(20)27/h4-10H,11,13H2,1-3H3,(H,34,41). The number of carbonyl (C=O) groups excluding carboxylic acids is 3. The molecule has 0 spiro atoms. The van der Waals surface area contributed by atoms with Gasteiger partial charge in [0, 0.05) is 19.0 Å². The number of rotatable bonds is 7. The van der Waals surface area contributed by atoms with Crippen LogP contribution in [0.4, 0.5) is 18.0 Å². The van der Waals surface area contributed by atoms with E-state index in [2.05, 4.69) is 30.8 Å². The summed E-state index contributed by atoms with van der Waals surface area (Å²) < 4.78 is 46.3. The average Bonchev–Trinajstić information content (AvgIpc) is 3.61. The molecule has 1 N–H and O–H groups in total. The summed E-state index contributed by atoms with van der Waals surface area (Å²) in [4.78, 5) is 38.7. The molecule has 2 aromatic carbocycles. The number of nitrogens with zero attached hydrogens (tertiary/aromatic N) is 8.